The smallest absolute Gasteiger partial charge is 0.222 e. The average Bonchev–Trinajstić information content (AvgIpc) is 3.41. The first-order valence-electron chi connectivity index (χ1n) is 9.80. The van der Waals surface area contributed by atoms with E-state index < -0.39 is 0 Å². The van der Waals surface area contributed by atoms with Gasteiger partial charge in [0, 0.05) is 23.6 Å². The molecule has 0 bridgehead atoms. The van der Waals surface area contributed by atoms with Gasteiger partial charge in [-0.1, -0.05) is 47.5 Å². The number of benzene rings is 2. The molecule has 4 aromatic rings. The van der Waals surface area contributed by atoms with Crippen molar-refractivity contribution in [3.63, 3.8) is 0 Å². The quantitative estimate of drug-likeness (QED) is 0.330. The summed E-state index contributed by atoms with van der Waals surface area (Å²) in [4.78, 5) is 12.9. The normalized spacial score (nSPS) is 11.9. The Balaban J connectivity index is 1.50. The van der Waals surface area contributed by atoms with Crippen molar-refractivity contribution in [2.24, 2.45) is 0 Å². The average molecular weight is 469 g/mol. The molecule has 31 heavy (non-hydrogen) atoms. The molecule has 1 amide bonds. The number of aromatic nitrogens is 3. The molecule has 2 aromatic carbocycles. The summed E-state index contributed by atoms with van der Waals surface area (Å²) in [5, 5.41) is 15.1. The third-order valence-electron chi connectivity index (χ3n) is 4.98. The molecule has 0 aliphatic rings. The van der Waals surface area contributed by atoms with Gasteiger partial charge in [0.2, 0.25) is 5.91 Å². The number of carbonyl (C=O) groups is 1. The van der Waals surface area contributed by atoms with Gasteiger partial charge in [-0.2, -0.15) is 16.4 Å². The molecular weight excluding hydrogens is 448 g/mol. The molecular formula is C23H21ClN4OS2. The van der Waals surface area contributed by atoms with E-state index >= 15 is 0 Å². The highest BCUT2D eigenvalue weighted by Crippen LogP contribution is 2.26. The van der Waals surface area contributed by atoms with Crippen LogP contribution in [0, 0.1) is 11.7 Å². The molecule has 0 fully saturated rings. The Kier molecular flexibility index (Phi) is 6.65. The number of aryl methyl sites for hydroxylation is 1. The summed E-state index contributed by atoms with van der Waals surface area (Å²) in [7, 11) is 0. The Morgan fingerprint density at radius 2 is 2.03 bits per heavy atom. The second-order valence-corrected chi connectivity index (χ2v) is 8.84. The van der Waals surface area contributed by atoms with E-state index in [1.54, 1.807) is 11.3 Å². The third kappa shape index (κ3) is 5.12. The molecule has 158 valence electrons. The molecule has 4 rings (SSSR count). The SMILES string of the molecule is Cc1cccc(-c2n[nH]c(=S)n2CCC(=O)NC(c2ccc(Cl)cc2)c2ccsc2)c1. The predicted molar refractivity (Wildman–Crippen MR) is 128 cm³/mol. The van der Waals surface area contributed by atoms with Crippen molar-refractivity contribution < 1.29 is 4.79 Å². The number of H-pyrrole nitrogens is 1. The maximum absolute atomic E-state index is 12.9. The van der Waals surface area contributed by atoms with Gasteiger partial charge in [0.25, 0.3) is 0 Å². The van der Waals surface area contributed by atoms with Crippen LogP contribution in [0.3, 0.4) is 0 Å². The topological polar surface area (TPSA) is 62.7 Å². The summed E-state index contributed by atoms with van der Waals surface area (Å²) >= 11 is 13.0. The summed E-state index contributed by atoms with van der Waals surface area (Å²) in [6.07, 6.45) is 0.279. The van der Waals surface area contributed by atoms with E-state index in [9.17, 15) is 4.79 Å². The minimum atomic E-state index is -0.232. The van der Waals surface area contributed by atoms with Gasteiger partial charge in [-0.25, -0.2) is 0 Å². The van der Waals surface area contributed by atoms with E-state index in [-0.39, 0.29) is 18.4 Å². The van der Waals surface area contributed by atoms with Crippen molar-refractivity contribution in [1.29, 1.82) is 0 Å². The summed E-state index contributed by atoms with van der Waals surface area (Å²) < 4.78 is 2.36. The Bertz CT molecular complexity index is 1230. The monoisotopic (exact) mass is 468 g/mol. The van der Waals surface area contributed by atoms with Crippen LogP contribution in [0.4, 0.5) is 0 Å². The van der Waals surface area contributed by atoms with Crippen molar-refractivity contribution in [3.8, 4) is 11.4 Å². The van der Waals surface area contributed by atoms with E-state index in [1.807, 2.05) is 70.8 Å². The number of aromatic amines is 1. The molecule has 0 spiro atoms. The van der Waals surface area contributed by atoms with Crippen LogP contribution in [-0.2, 0) is 11.3 Å². The maximum Gasteiger partial charge on any atom is 0.222 e. The predicted octanol–water partition coefficient (Wildman–Crippen LogP) is 5.93. The summed E-state index contributed by atoms with van der Waals surface area (Å²) in [6, 6.07) is 17.4. The van der Waals surface area contributed by atoms with Crippen LogP contribution < -0.4 is 5.32 Å². The van der Waals surface area contributed by atoms with Crippen molar-refractivity contribution in [2.45, 2.75) is 25.9 Å². The first-order valence-corrected chi connectivity index (χ1v) is 11.5. The summed E-state index contributed by atoms with van der Waals surface area (Å²) in [5.74, 6) is 0.665. The zero-order valence-corrected chi connectivity index (χ0v) is 19.2. The van der Waals surface area contributed by atoms with Crippen molar-refractivity contribution in [2.75, 3.05) is 0 Å². The molecule has 1 unspecified atom stereocenters. The molecule has 5 nitrogen and oxygen atoms in total. The number of rotatable bonds is 7. The molecule has 0 radical (unpaired) electrons. The molecule has 8 heteroatoms. The molecule has 2 aromatic heterocycles. The fourth-order valence-corrected chi connectivity index (χ4v) is 4.47. The van der Waals surface area contributed by atoms with Gasteiger partial charge in [0.15, 0.2) is 10.6 Å². The maximum atomic E-state index is 12.9. The Morgan fingerprint density at radius 1 is 1.23 bits per heavy atom. The van der Waals surface area contributed by atoms with Crippen LogP contribution in [0.25, 0.3) is 11.4 Å². The van der Waals surface area contributed by atoms with E-state index in [1.165, 1.54) is 0 Å². The van der Waals surface area contributed by atoms with Gasteiger partial charge in [-0.3, -0.25) is 14.5 Å². The number of hydrogen-bond acceptors (Lipinski definition) is 4. The fourth-order valence-electron chi connectivity index (χ4n) is 3.43. The van der Waals surface area contributed by atoms with Crippen LogP contribution in [0.5, 0.6) is 0 Å². The number of nitrogens with one attached hydrogen (secondary N) is 2. The minimum absolute atomic E-state index is 0.0653. The Morgan fingerprint density at radius 3 is 2.74 bits per heavy atom. The Labute approximate surface area is 194 Å². The molecule has 0 saturated heterocycles. The molecule has 2 N–H and O–H groups in total. The summed E-state index contributed by atoms with van der Waals surface area (Å²) in [6.45, 7) is 2.46. The van der Waals surface area contributed by atoms with E-state index in [2.05, 4.69) is 21.6 Å². The highest BCUT2D eigenvalue weighted by Gasteiger charge is 2.18. The second-order valence-electron chi connectivity index (χ2n) is 7.23. The van der Waals surface area contributed by atoms with Gasteiger partial charge >= 0.3 is 0 Å². The highest BCUT2D eigenvalue weighted by atomic mass is 35.5. The molecule has 0 aliphatic carbocycles. The zero-order chi connectivity index (χ0) is 21.8. The van der Waals surface area contributed by atoms with Crippen LogP contribution in [-0.4, -0.2) is 20.7 Å². The van der Waals surface area contributed by atoms with Crippen molar-refractivity contribution in [1.82, 2.24) is 20.1 Å². The number of carbonyl (C=O) groups excluding carboxylic acids is 1. The highest BCUT2D eigenvalue weighted by molar-refractivity contribution is 7.71. The van der Waals surface area contributed by atoms with E-state index in [0.717, 1.165) is 28.1 Å². The number of thiophene rings is 1. The molecule has 0 aliphatic heterocycles. The number of halogens is 1. The second kappa shape index (κ2) is 9.60. The Hall–Kier alpha value is -2.74. The molecule has 2 heterocycles. The van der Waals surface area contributed by atoms with Crippen molar-refractivity contribution >= 4 is 41.1 Å². The van der Waals surface area contributed by atoms with Crippen LogP contribution >= 0.6 is 35.2 Å². The van der Waals surface area contributed by atoms with E-state index in [4.69, 9.17) is 23.8 Å². The molecule has 1 atom stereocenters. The lowest BCUT2D eigenvalue weighted by atomic mass is 10.0. The minimum Gasteiger partial charge on any atom is -0.345 e. The van der Waals surface area contributed by atoms with Gasteiger partial charge in [-0.05, 0) is 65.3 Å². The van der Waals surface area contributed by atoms with Gasteiger partial charge in [0.05, 0.1) is 6.04 Å². The van der Waals surface area contributed by atoms with Crippen LogP contribution in [0.1, 0.15) is 29.2 Å². The lowest BCUT2D eigenvalue weighted by molar-refractivity contribution is -0.121. The summed E-state index contributed by atoms with van der Waals surface area (Å²) in [5.41, 5.74) is 4.12. The standard InChI is InChI=1S/C23H21ClN4OS2/c1-15-3-2-4-17(13-15)22-26-27-23(30)28(22)11-9-20(29)25-21(18-10-12-31-14-18)16-5-7-19(24)8-6-16/h2-8,10,12-14,21H,9,11H2,1H3,(H,25,29)(H,27,30). The number of nitrogens with zero attached hydrogens (tertiary/aromatic N) is 2. The molecule has 0 saturated carbocycles. The first kappa shape index (κ1) is 21.5. The van der Waals surface area contributed by atoms with Crippen LogP contribution in [0.2, 0.25) is 5.02 Å². The lowest BCUT2D eigenvalue weighted by Gasteiger charge is -2.19. The number of amides is 1. The fraction of sp³-hybridized carbons (Fsp3) is 0.174. The van der Waals surface area contributed by atoms with Crippen molar-refractivity contribution in [3.05, 3.63) is 91.8 Å². The zero-order valence-electron chi connectivity index (χ0n) is 16.8. The third-order valence-corrected chi connectivity index (χ3v) is 6.25. The van der Waals surface area contributed by atoms with Gasteiger partial charge in [-0.15, -0.1) is 0 Å². The number of hydrogen-bond donors (Lipinski definition) is 2. The van der Waals surface area contributed by atoms with E-state index in [0.29, 0.717) is 16.3 Å². The van der Waals surface area contributed by atoms with Crippen LogP contribution in [0.15, 0.2) is 65.4 Å². The van der Waals surface area contributed by atoms with Gasteiger partial charge < -0.3 is 5.32 Å². The lowest BCUT2D eigenvalue weighted by Crippen LogP contribution is -2.29. The largest absolute Gasteiger partial charge is 0.345 e. The van der Waals surface area contributed by atoms with Gasteiger partial charge in [0.1, 0.15) is 0 Å². The first-order chi connectivity index (χ1) is 15.0.